The summed E-state index contributed by atoms with van der Waals surface area (Å²) in [6.07, 6.45) is 1.88. The molecule has 2 nitrogen and oxygen atoms in total. The maximum atomic E-state index is 11.5. The summed E-state index contributed by atoms with van der Waals surface area (Å²) in [7, 11) is 0. The molecule has 16 heavy (non-hydrogen) atoms. The molecule has 1 rings (SSSR count). The Balaban J connectivity index is -0.000000563. The standard InChI is InChI=1S/C11H17NO.2CH4.B/c1-8(2)10-5-6-12(9(3)4)11(13)7-10;;;/h5-9H,1-4H3;2*1H4;. The molecule has 0 N–H and O–H groups in total. The van der Waals surface area contributed by atoms with E-state index in [1.807, 2.05) is 26.1 Å². The zero-order chi connectivity index (χ0) is 10.0. The minimum Gasteiger partial charge on any atom is -0.313 e. The number of hydrogen-bond donors (Lipinski definition) is 0. The van der Waals surface area contributed by atoms with Crippen LogP contribution in [0.15, 0.2) is 23.1 Å². The minimum absolute atomic E-state index is 0. The normalized spacial score (nSPS) is 9.12. The molecule has 0 aliphatic heterocycles. The highest BCUT2D eigenvalue weighted by molar-refractivity contribution is 5.75. The molecule has 0 aromatic carbocycles. The first kappa shape index (κ1) is 20.4. The lowest BCUT2D eigenvalue weighted by atomic mass is 10.1. The van der Waals surface area contributed by atoms with Crippen molar-refractivity contribution >= 4 is 8.41 Å². The maximum Gasteiger partial charge on any atom is 0.251 e. The van der Waals surface area contributed by atoms with Crippen molar-refractivity contribution in [3.05, 3.63) is 34.2 Å². The van der Waals surface area contributed by atoms with Crippen LogP contribution in [-0.2, 0) is 0 Å². The van der Waals surface area contributed by atoms with Gasteiger partial charge in [0.1, 0.15) is 0 Å². The van der Waals surface area contributed by atoms with Crippen LogP contribution < -0.4 is 5.56 Å². The van der Waals surface area contributed by atoms with Gasteiger partial charge in [-0.25, -0.2) is 0 Å². The van der Waals surface area contributed by atoms with Crippen LogP contribution in [0.5, 0.6) is 0 Å². The molecule has 0 saturated heterocycles. The lowest BCUT2D eigenvalue weighted by Gasteiger charge is -2.11. The molecule has 0 spiro atoms. The molecule has 1 aromatic heterocycles. The molecule has 0 aliphatic rings. The Kier molecular flexibility index (Phi) is 10.5. The predicted octanol–water partition coefficient (Wildman–Crippen LogP) is 3.44. The van der Waals surface area contributed by atoms with Gasteiger partial charge in [0.25, 0.3) is 5.56 Å². The van der Waals surface area contributed by atoms with Gasteiger partial charge in [0, 0.05) is 26.7 Å². The van der Waals surface area contributed by atoms with Gasteiger partial charge in [-0.15, -0.1) is 0 Å². The first-order valence-electron chi connectivity index (χ1n) is 4.74. The third kappa shape index (κ3) is 4.69. The molecule has 3 heteroatoms. The van der Waals surface area contributed by atoms with Crippen LogP contribution in [0.3, 0.4) is 0 Å². The summed E-state index contributed by atoms with van der Waals surface area (Å²) in [6, 6.07) is 3.99. The average molecular weight is 222 g/mol. The second-order valence-corrected chi connectivity index (χ2v) is 3.95. The maximum absolute atomic E-state index is 11.5. The van der Waals surface area contributed by atoms with E-state index in [1.165, 1.54) is 0 Å². The van der Waals surface area contributed by atoms with E-state index in [1.54, 1.807) is 10.6 Å². The van der Waals surface area contributed by atoms with E-state index in [0.29, 0.717) is 5.92 Å². The van der Waals surface area contributed by atoms with Crippen LogP contribution in [0.1, 0.15) is 60.1 Å². The van der Waals surface area contributed by atoms with Gasteiger partial charge < -0.3 is 4.57 Å². The lowest BCUT2D eigenvalue weighted by Crippen LogP contribution is -2.20. The highest BCUT2D eigenvalue weighted by Crippen LogP contribution is 2.11. The molecule has 0 amide bonds. The van der Waals surface area contributed by atoms with E-state index >= 15 is 0 Å². The fourth-order valence-corrected chi connectivity index (χ4v) is 1.29. The van der Waals surface area contributed by atoms with Crippen LogP contribution in [0, 0.1) is 0 Å². The Morgan fingerprint density at radius 2 is 1.62 bits per heavy atom. The zero-order valence-corrected chi connectivity index (χ0v) is 9.32. The van der Waals surface area contributed by atoms with Crippen LogP contribution in [-0.4, -0.2) is 13.0 Å². The monoisotopic (exact) mass is 222 g/mol. The molecule has 1 aromatic rings. The molecule has 0 aliphatic carbocycles. The Bertz CT molecular complexity index is 342. The molecular formula is C13H25BNO. The van der Waals surface area contributed by atoms with E-state index in [9.17, 15) is 4.79 Å². The van der Waals surface area contributed by atoms with E-state index in [0.717, 1.165) is 5.56 Å². The van der Waals surface area contributed by atoms with Gasteiger partial charge in [0.2, 0.25) is 0 Å². The Hall–Kier alpha value is -0.985. The van der Waals surface area contributed by atoms with Crippen molar-refractivity contribution in [1.82, 2.24) is 4.57 Å². The summed E-state index contributed by atoms with van der Waals surface area (Å²) in [5.74, 6) is 0.425. The molecule has 1 heterocycles. The highest BCUT2D eigenvalue weighted by atomic mass is 16.1. The molecule has 0 bridgehead atoms. The van der Waals surface area contributed by atoms with E-state index in [-0.39, 0.29) is 34.9 Å². The number of hydrogen-bond acceptors (Lipinski definition) is 1. The number of nitrogens with zero attached hydrogens (tertiary/aromatic N) is 1. The topological polar surface area (TPSA) is 22.0 Å². The van der Waals surface area contributed by atoms with Crippen molar-refractivity contribution in [2.45, 2.75) is 54.5 Å². The van der Waals surface area contributed by atoms with E-state index < -0.39 is 0 Å². The predicted molar refractivity (Wildman–Crippen MR) is 74.4 cm³/mol. The van der Waals surface area contributed by atoms with Gasteiger partial charge in [-0.05, 0) is 31.4 Å². The van der Waals surface area contributed by atoms with Crippen molar-refractivity contribution in [1.29, 1.82) is 0 Å². The van der Waals surface area contributed by atoms with Crippen molar-refractivity contribution in [2.75, 3.05) is 0 Å². The SMILES string of the molecule is C.C.CC(C)c1ccn(C(C)C)c(=O)c1.[B]. The fraction of sp³-hybridized carbons (Fsp3) is 0.615. The van der Waals surface area contributed by atoms with Crippen LogP contribution >= 0.6 is 0 Å². The lowest BCUT2D eigenvalue weighted by molar-refractivity contribution is 0.575. The summed E-state index contributed by atoms with van der Waals surface area (Å²) in [5.41, 5.74) is 1.21. The van der Waals surface area contributed by atoms with Gasteiger partial charge in [-0.1, -0.05) is 28.7 Å². The molecule has 0 atom stereocenters. The second-order valence-electron chi connectivity index (χ2n) is 3.95. The Morgan fingerprint density at radius 1 is 1.12 bits per heavy atom. The molecule has 3 radical (unpaired) electrons. The third-order valence-electron chi connectivity index (χ3n) is 2.20. The Labute approximate surface area is 102 Å². The number of pyridine rings is 1. The molecule has 91 valence electrons. The average Bonchev–Trinajstić information content (AvgIpc) is 2.03. The van der Waals surface area contributed by atoms with Crippen LogP contribution in [0.4, 0.5) is 0 Å². The van der Waals surface area contributed by atoms with Crippen molar-refractivity contribution < 1.29 is 0 Å². The number of rotatable bonds is 2. The minimum atomic E-state index is 0. The molecular weight excluding hydrogens is 197 g/mol. The second kappa shape index (κ2) is 8.20. The molecule has 0 saturated carbocycles. The smallest absolute Gasteiger partial charge is 0.251 e. The third-order valence-corrected chi connectivity index (χ3v) is 2.20. The van der Waals surface area contributed by atoms with Crippen LogP contribution in [0.25, 0.3) is 0 Å². The summed E-state index contributed by atoms with van der Waals surface area (Å²) in [5, 5.41) is 0. The largest absolute Gasteiger partial charge is 0.313 e. The van der Waals surface area contributed by atoms with Gasteiger partial charge in [-0.2, -0.15) is 0 Å². The molecule has 0 unspecified atom stereocenters. The Morgan fingerprint density at radius 3 is 1.94 bits per heavy atom. The summed E-state index contributed by atoms with van der Waals surface area (Å²) in [6.45, 7) is 8.20. The summed E-state index contributed by atoms with van der Waals surface area (Å²) >= 11 is 0. The summed E-state index contributed by atoms with van der Waals surface area (Å²) in [4.78, 5) is 11.5. The van der Waals surface area contributed by atoms with Gasteiger partial charge >= 0.3 is 0 Å². The first-order chi connectivity index (χ1) is 6.02. The van der Waals surface area contributed by atoms with Gasteiger partial charge in [-0.3, -0.25) is 4.79 Å². The fourth-order valence-electron chi connectivity index (χ4n) is 1.29. The van der Waals surface area contributed by atoms with Gasteiger partial charge in [0.05, 0.1) is 0 Å². The van der Waals surface area contributed by atoms with Gasteiger partial charge in [0.15, 0.2) is 0 Å². The molecule has 0 fully saturated rings. The van der Waals surface area contributed by atoms with Crippen molar-refractivity contribution in [2.24, 2.45) is 0 Å². The quantitative estimate of drug-likeness (QED) is 0.702. The van der Waals surface area contributed by atoms with Crippen molar-refractivity contribution in [3.63, 3.8) is 0 Å². The summed E-state index contributed by atoms with van der Waals surface area (Å²) < 4.78 is 1.74. The zero-order valence-electron chi connectivity index (χ0n) is 9.32. The van der Waals surface area contributed by atoms with Crippen LogP contribution in [0.2, 0.25) is 0 Å². The highest BCUT2D eigenvalue weighted by Gasteiger charge is 2.03. The van der Waals surface area contributed by atoms with E-state index in [4.69, 9.17) is 0 Å². The van der Waals surface area contributed by atoms with E-state index in [2.05, 4.69) is 13.8 Å². The van der Waals surface area contributed by atoms with Crippen molar-refractivity contribution in [3.8, 4) is 0 Å². The first-order valence-corrected chi connectivity index (χ1v) is 4.74. The number of aromatic nitrogens is 1.